The molecule has 3 heteroatoms. The number of hydrogen-bond acceptors (Lipinski definition) is 3. The van der Waals surface area contributed by atoms with Gasteiger partial charge in [0.05, 0.1) is 7.11 Å². The molecule has 1 aromatic rings. The monoisotopic (exact) mass is 274 g/mol. The van der Waals surface area contributed by atoms with Gasteiger partial charge in [0.2, 0.25) is 0 Å². The highest BCUT2D eigenvalue weighted by atomic mass is 16.5. The van der Waals surface area contributed by atoms with E-state index in [0.717, 1.165) is 18.2 Å². The summed E-state index contributed by atoms with van der Waals surface area (Å²) in [6.45, 7) is 7.40. The molecule has 0 radical (unpaired) electrons. The molecule has 2 aliphatic heterocycles. The zero-order valence-corrected chi connectivity index (χ0v) is 12.7. The molecule has 0 N–H and O–H groups in total. The minimum Gasteiger partial charge on any atom is -0.497 e. The van der Waals surface area contributed by atoms with Crippen LogP contribution in [0.4, 0.5) is 0 Å². The molecule has 0 aromatic heterocycles. The van der Waals surface area contributed by atoms with E-state index in [1.807, 2.05) is 0 Å². The predicted molar refractivity (Wildman–Crippen MR) is 82.3 cm³/mol. The van der Waals surface area contributed by atoms with Crippen LogP contribution in [0.3, 0.4) is 0 Å². The summed E-state index contributed by atoms with van der Waals surface area (Å²) in [5.41, 5.74) is 1.41. The summed E-state index contributed by atoms with van der Waals surface area (Å²) in [6, 6.07) is 10.0. The van der Waals surface area contributed by atoms with E-state index in [4.69, 9.17) is 4.74 Å². The fourth-order valence-corrected chi connectivity index (χ4v) is 3.62. The van der Waals surface area contributed by atoms with Crippen molar-refractivity contribution in [1.82, 2.24) is 9.80 Å². The Morgan fingerprint density at radius 2 is 2.00 bits per heavy atom. The van der Waals surface area contributed by atoms with Crippen LogP contribution < -0.4 is 4.74 Å². The predicted octanol–water partition coefficient (Wildman–Crippen LogP) is 2.41. The van der Waals surface area contributed by atoms with E-state index in [-0.39, 0.29) is 0 Å². The quantitative estimate of drug-likeness (QED) is 0.838. The van der Waals surface area contributed by atoms with Crippen molar-refractivity contribution in [1.29, 1.82) is 0 Å². The second kappa shape index (κ2) is 6.15. The van der Waals surface area contributed by atoms with Crippen LogP contribution >= 0.6 is 0 Å². The lowest BCUT2D eigenvalue weighted by atomic mass is 10.1. The Balaban J connectivity index is 1.54. The van der Waals surface area contributed by atoms with Crippen molar-refractivity contribution in [3.05, 3.63) is 29.8 Å². The first-order valence-corrected chi connectivity index (χ1v) is 7.87. The van der Waals surface area contributed by atoms with E-state index in [9.17, 15) is 0 Å². The summed E-state index contributed by atoms with van der Waals surface area (Å²) in [4.78, 5) is 5.37. The zero-order valence-electron chi connectivity index (χ0n) is 12.7. The molecule has 0 bridgehead atoms. The standard InChI is InChI=1S/C17H26N2O/c1-14-12-19-10-3-4-16(19)13-18(14)11-9-15-5-7-17(20-2)8-6-15/h5-8,14,16H,3-4,9-13H2,1-2H3. The number of methoxy groups -OCH3 is 1. The average Bonchev–Trinajstić information content (AvgIpc) is 2.92. The largest absolute Gasteiger partial charge is 0.497 e. The van der Waals surface area contributed by atoms with Crippen molar-refractivity contribution in [3.8, 4) is 5.75 Å². The van der Waals surface area contributed by atoms with Crippen LogP contribution in [0.1, 0.15) is 25.3 Å². The van der Waals surface area contributed by atoms with E-state index in [1.54, 1.807) is 7.11 Å². The lowest BCUT2D eigenvalue weighted by Gasteiger charge is -2.42. The Morgan fingerprint density at radius 1 is 1.20 bits per heavy atom. The smallest absolute Gasteiger partial charge is 0.118 e. The molecule has 2 heterocycles. The van der Waals surface area contributed by atoms with Crippen LogP contribution in [0.15, 0.2) is 24.3 Å². The maximum Gasteiger partial charge on any atom is 0.118 e. The molecule has 110 valence electrons. The van der Waals surface area contributed by atoms with Gasteiger partial charge < -0.3 is 4.74 Å². The first-order chi connectivity index (χ1) is 9.76. The van der Waals surface area contributed by atoms with Gasteiger partial charge in [-0.25, -0.2) is 0 Å². The fourth-order valence-electron chi connectivity index (χ4n) is 3.62. The zero-order chi connectivity index (χ0) is 13.9. The van der Waals surface area contributed by atoms with E-state index in [1.165, 1.54) is 44.6 Å². The first-order valence-electron chi connectivity index (χ1n) is 7.87. The van der Waals surface area contributed by atoms with E-state index in [0.29, 0.717) is 6.04 Å². The number of fused-ring (bicyclic) bond motifs is 1. The normalized spacial score (nSPS) is 27.5. The van der Waals surface area contributed by atoms with Gasteiger partial charge in [-0.1, -0.05) is 12.1 Å². The molecular weight excluding hydrogens is 248 g/mol. The number of nitrogens with zero attached hydrogens (tertiary/aromatic N) is 2. The molecule has 20 heavy (non-hydrogen) atoms. The molecule has 2 atom stereocenters. The van der Waals surface area contributed by atoms with Gasteiger partial charge in [0.1, 0.15) is 5.75 Å². The second-order valence-corrected chi connectivity index (χ2v) is 6.23. The summed E-state index contributed by atoms with van der Waals surface area (Å²) >= 11 is 0. The molecule has 2 aliphatic rings. The molecule has 0 spiro atoms. The number of benzene rings is 1. The topological polar surface area (TPSA) is 15.7 Å². The summed E-state index contributed by atoms with van der Waals surface area (Å²) < 4.78 is 5.21. The highest BCUT2D eigenvalue weighted by Gasteiger charge is 2.33. The van der Waals surface area contributed by atoms with Crippen molar-refractivity contribution >= 4 is 0 Å². The molecule has 0 amide bonds. The minimum absolute atomic E-state index is 0.697. The van der Waals surface area contributed by atoms with Crippen molar-refractivity contribution in [2.75, 3.05) is 33.3 Å². The Hall–Kier alpha value is -1.06. The van der Waals surface area contributed by atoms with Crippen molar-refractivity contribution < 1.29 is 4.74 Å². The Morgan fingerprint density at radius 3 is 2.75 bits per heavy atom. The van der Waals surface area contributed by atoms with Crippen LogP contribution in [0.2, 0.25) is 0 Å². The Kier molecular flexibility index (Phi) is 4.27. The van der Waals surface area contributed by atoms with Crippen molar-refractivity contribution in [3.63, 3.8) is 0 Å². The maximum atomic E-state index is 5.21. The summed E-state index contributed by atoms with van der Waals surface area (Å²) in [5, 5.41) is 0. The van der Waals surface area contributed by atoms with Crippen LogP contribution in [-0.4, -0.2) is 55.2 Å². The van der Waals surface area contributed by atoms with Gasteiger partial charge in [0.15, 0.2) is 0 Å². The van der Waals surface area contributed by atoms with Gasteiger partial charge in [-0.3, -0.25) is 9.80 Å². The van der Waals surface area contributed by atoms with Crippen molar-refractivity contribution in [2.45, 2.75) is 38.3 Å². The SMILES string of the molecule is COc1ccc(CCN2CC3CCCN3CC2C)cc1. The Labute approximate surface area is 122 Å². The third kappa shape index (κ3) is 2.99. The van der Waals surface area contributed by atoms with Gasteiger partial charge in [0.25, 0.3) is 0 Å². The molecule has 2 fully saturated rings. The van der Waals surface area contributed by atoms with E-state index in [2.05, 4.69) is 41.0 Å². The molecule has 2 unspecified atom stereocenters. The lowest BCUT2D eigenvalue weighted by Crippen LogP contribution is -2.55. The molecular formula is C17H26N2O. The molecule has 0 aliphatic carbocycles. The van der Waals surface area contributed by atoms with Crippen LogP contribution in [0.25, 0.3) is 0 Å². The third-order valence-corrected chi connectivity index (χ3v) is 4.91. The Bertz CT molecular complexity index is 431. The first kappa shape index (κ1) is 13.9. The highest BCUT2D eigenvalue weighted by molar-refractivity contribution is 5.27. The lowest BCUT2D eigenvalue weighted by molar-refractivity contribution is 0.0605. The summed E-state index contributed by atoms with van der Waals surface area (Å²) in [7, 11) is 1.72. The fraction of sp³-hybridized carbons (Fsp3) is 0.647. The van der Waals surface area contributed by atoms with Gasteiger partial charge in [-0.15, -0.1) is 0 Å². The number of rotatable bonds is 4. The number of piperazine rings is 1. The van der Waals surface area contributed by atoms with Gasteiger partial charge in [-0.2, -0.15) is 0 Å². The minimum atomic E-state index is 0.697. The second-order valence-electron chi connectivity index (χ2n) is 6.23. The number of hydrogen-bond donors (Lipinski definition) is 0. The third-order valence-electron chi connectivity index (χ3n) is 4.91. The molecule has 3 rings (SSSR count). The average molecular weight is 274 g/mol. The van der Waals surface area contributed by atoms with Crippen molar-refractivity contribution in [2.24, 2.45) is 0 Å². The van der Waals surface area contributed by atoms with E-state index < -0.39 is 0 Å². The van der Waals surface area contributed by atoms with E-state index >= 15 is 0 Å². The van der Waals surface area contributed by atoms with Gasteiger partial charge in [0, 0.05) is 31.7 Å². The maximum absolute atomic E-state index is 5.21. The molecule has 2 saturated heterocycles. The molecule has 0 saturated carbocycles. The highest BCUT2D eigenvalue weighted by Crippen LogP contribution is 2.24. The molecule has 1 aromatic carbocycles. The van der Waals surface area contributed by atoms with Gasteiger partial charge >= 0.3 is 0 Å². The van der Waals surface area contributed by atoms with Crippen LogP contribution in [0, 0.1) is 0 Å². The summed E-state index contributed by atoms with van der Waals surface area (Å²) in [6.07, 6.45) is 3.93. The van der Waals surface area contributed by atoms with Gasteiger partial charge in [-0.05, 0) is 50.4 Å². The van der Waals surface area contributed by atoms with Crippen LogP contribution in [-0.2, 0) is 6.42 Å². The van der Waals surface area contributed by atoms with Crippen LogP contribution in [0.5, 0.6) is 5.75 Å². The molecule has 3 nitrogen and oxygen atoms in total. The number of ether oxygens (including phenoxy) is 1. The summed E-state index contributed by atoms with van der Waals surface area (Å²) in [5.74, 6) is 0.946.